The minimum absolute atomic E-state index is 0.106. The van der Waals surface area contributed by atoms with E-state index >= 15 is 0 Å². The first kappa shape index (κ1) is 18.9. The molecule has 0 radical (unpaired) electrons. The Bertz CT molecular complexity index is 1060. The van der Waals surface area contributed by atoms with Crippen molar-refractivity contribution in [1.29, 1.82) is 0 Å². The number of nitrogens with zero attached hydrogens (tertiary/aromatic N) is 4. The fourth-order valence-electron chi connectivity index (χ4n) is 4.26. The van der Waals surface area contributed by atoms with E-state index in [1.165, 1.54) is 12.1 Å². The van der Waals surface area contributed by atoms with Gasteiger partial charge in [-0.25, -0.2) is 4.39 Å². The van der Waals surface area contributed by atoms with E-state index in [1.54, 1.807) is 12.1 Å². The summed E-state index contributed by atoms with van der Waals surface area (Å²) in [6.45, 7) is 3.38. The van der Waals surface area contributed by atoms with Crippen molar-refractivity contribution >= 4 is 22.5 Å². The zero-order valence-corrected chi connectivity index (χ0v) is 16.6. The summed E-state index contributed by atoms with van der Waals surface area (Å²) in [5.41, 5.74) is 1.57. The molecule has 0 aliphatic carbocycles. The highest BCUT2D eigenvalue weighted by molar-refractivity contribution is 6.00. The topological polar surface area (TPSA) is 58.6 Å². The number of ether oxygens (including phenoxy) is 1. The highest BCUT2D eigenvalue weighted by atomic mass is 19.1. The van der Waals surface area contributed by atoms with Crippen molar-refractivity contribution in [3.63, 3.8) is 0 Å². The molecule has 30 heavy (non-hydrogen) atoms. The van der Waals surface area contributed by atoms with E-state index in [1.807, 2.05) is 29.2 Å². The molecular weight excluding hydrogens is 383 g/mol. The Morgan fingerprint density at radius 1 is 0.967 bits per heavy atom. The summed E-state index contributed by atoms with van der Waals surface area (Å²) in [5.74, 6) is 0.651. The van der Waals surface area contributed by atoms with Crippen LogP contribution >= 0.6 is 0 Å². The Balaban J connectivity index is 1.40. The van der Waals surface area contributed by atoms with E-state index in [9.17, 15) is 9.18 Å². The number of fused-ring (bicyclic) bond motifs is 1. The van der Waals surface area contributed by atoms with Crippen molar-refractivity contribution in [1.82, 2.24) is 15.1 Å². The van der Waals surface area contributed by atoms with E-state index in [-0.39, 0.29) is 17.8 Å². The van der Waals surface area contributed by atoms with E-state index in [4.69, 9.17) is 4.74 Å². The van der Waals surface area contributed by atoms with Gasteiger partial charge < -0.3 is 14.5 Å². The minimum atomic E-state index is -0.275. The number of carbonyl (C=O) groups excluding carboxylic acids is 1. The van der Waals surface area contributed by atoms with Gasteiger partial charge >= 0.3 is 0 Å². The lowest BCUT2D eigenvalue weighted by molar-refractivity contribution is -0.141. The molecule has 1 unspecified atom stereocenters. The maximum absolute atomic E-state index is 13.3. The molecule has 2 aliphatic rings. The van der Waals surface area contributed by atoms with Gasteiger partial charge in [-0.1, -0.05) is 24.3 Å². The molecule has 2 aromatic carbocycles. The molecule has 3 aromatic rings. The van der Waals surface area contributed by atoms with Gasteiger partial charge in [0, 0.05) is 49.1 Å². The summed E-state index contributed by atoms with van der Waals surface area (Å²) in [7, 11) is 0. The van der Waals surface area contributed by atoms with Gasteiger partial charge in [-0.3, -0.25) is 4.79 Å². The first-order chi connectivity index (χ1) is 14.7. The molecule has 6 nitrogen and oxygen atoms in total. The summed E-state index contributed by atoms with van der Waals surface area (Å²) in [6, 6.07) is 14.3. The average Bonchev–Trinajstić information content (AvgIpc) is 3.34. The van der Waals surface area contributed by atoms with E-state index in [0.29, 0.717) is 32.8 Å². The lowest BCUT2D eigenvalue weighted by Gasteiger charge is -2.36. The minimum Gasteiger partial charge on any atom is -0.368 e. The third-order valence-electron chi connectivity index (χ3n) is 5.88. The number of anilines is 1. The first-order valence-electron chi connectivity index (χ1n) is 10.4. The molecule has 2 aliphatic heterocycles. The van der Waals surface area contributed by atoms with Gasteiger partial charge in [0.2, 0.25) is 0 Å². The van der Waals surface area contributed by atoms with Gasteiger partial charge in [0.25, 0.3) is 5.91 Å². The molecular formula is C23H23FN4O2. The SMILES string of the molecule is O=C(C1CCCO1)N1CCN(c2nnc(-c3ccc(F)cc3)c3ccccc23)CC1. The molecule has 1 atom stereocenters. The number of piperazine rings is 1. The van der Waals surface area contributed by atoms with Gasteiger partial charge in [-0.15, -0.1) is 10.2 Å². The van der Waals surface area contributed by atoms with Crippen molar-refractivity contribution < 1.29 is 13.9 Å². The maximum Gasteiger partial charge on any atom is 0.251 e. The number of rotatable bonds is 3. The van der Waals surface area contributed by atoms with Crippen LogP contribution in [0.15, 0.2) is 48.5 Å². The number of hydrogen-bond donors (Lipinski definition) is 0. The highest BCUT2D eigenvalue weighted by Gasteiger charge is 2.31. The van der Waals surface area contributed by atoms with Crippen molar-refractivity contribution in [2.75, 3.05) is 37.7 Å². The highest BCUT2D eigenvalue weighted by Crippen LogP contribution is 2.32. The summed E-state index contributed by atoms with van der Waals surface area (Å²) in [4.78, 5) is 16.7. The molecule has 0 bridgehead atoms. The summed E-state index contributed by atoms with van der Waals surface area (Å²) < 4.78 is 18.9. The third kappa shape index (κ3) is 3.50. The molecule has 0 spiro atoms. The molecule has 3 heterocycles. The lowest BCUT2D eigenvalue weighted by Crippen LogP contribution is -2.51. The number of aromatic nitrogens is 2. The second-order valence-corrected chi connectivity index (χ2v) is 7.74. The predicted molar refractivity (Wildman–Crippen MR) is 113 cm³/mol. The van der Waals surface area contributed by atoms with E-state index in [2.05, 4.69) is 15.1 Å². The predicted octanol–water partition coefficient (Wildman–Crippen LogP) is 3.26. The van der Waals surface area contributed by atoms with Crippen LogP contribution in [-0.4, -0.2) is 59.9 Å². The Morgan fingerprint density at radius 3 is 2.40 bits per heavy atom. The molecule has 5 rings (SSSR count). The Hall–Kier alpha value is -3.06. The van der Waals surface area contributed by atoms with Crippen molar-refractivity contribution in [2.45, 2.75) is 18.9 Å². The van der Waals surface area contributed by atoms with Crippen LogP contribution in [0.4, 0.5) is 10.2 Å². The number of benzene rings is 2. The van der Waals surface area contributed by atoms with Gasteiger partial charge in [-0.05, 0) is 37.1 Å². The third-order valence-corrected chi connectivity index (χ3v) is 5.88. The molecule has 7 heteroatoms. The summed E-state index contributed by atoms with van der Waals surface area (Å²) in [5, 5.41) is 11.0. The largest absolute Gasteiger partial charge is 0.368 e. The van der Waals surface area contributed by atoms with E-state index < -0.39 is 0 Å². The van der Waals surface area contributed by atoms with Crippen LogP contribution in [0, 0.1) is 5.82 Å². The van der Waals surface area contributed by atoms with Crippen molar-refractivity contribution in [2.24, 2.45) is 0 Å². The lowest BCUT2D eigenvalue weighted by atomic mass is 10.0. The molecule has 2 saturated heterocycles. The molecule has 1 aromatic heterocycles. The standard InChI is InChI=1S/C23H23FN4O2/c24-17-9-7-16(8-10-17)21-18-4-1-2-5-19(18)22(26-25-21)27-11-13-28(14-12-27)23(29)20-6-3-15-30-20/h1-2,4-5,7-10,20H,3,6,11-15H2. The van der Waals surface area contributed by atoms with Gasteiger partial charge in [0.05, 0.1) is 0 Å². The number of hydrogen-bond acceptors (Lipinski definition) is 5. The van der Waals surface area contributed by atoms with Crippen LogP contribution in [0.25, 0.3) is 22.0 Å². The van der Waals surface area contributed by atoms with Crippen LogP contribution in [0.5, 0.6) is 0 Å². The molecule has 1 amide bonds. The van der Waals surface area contributed by atoms with E-state index in [0.717, 1.165) is 40.7 Å². The van der Waals surface area contributed by atoms with Gasteiger partial charge in [0.15, 0.2) is 5.82 Å². The quantitative estimate of drug-likeness (QED) is 0.668. The second kappa shape index (κ2) is 7.99. The summed E-state index contributed by atoms with van der Waals surface area (Å²) >= 11 is 0. The van der Waals surface area contributed by atoms with Crippen LogP contribution in [-0.2, 0) is 9.53 Å². The zero-order chi connectivity index (χ0) is 20.5. The Kier molecular flexibility index (Phi) is 5.04. The van der Waals surface area contributed by atoms with Crippen molar-refractivity contribution in [3.05, 3.63) is 54.3 Å². The first-order valence-corrected chi connectivity index (χ1v) is 10.4. The number of amides is 1. The Labute approximate surface area is 174 Å². The van der Waals surface area contributed by atoms with Crippen LogP contribution in [0.1, 0.15) is 12.8 Å². The fourth-order valence-corrected chi connectivity index (χ4v) is 4.26. The zero-order valence-electron chi connectivity index (χ0n) is 16.6. The molecule has 2 fully saturated rings. The van der Waals surface area contributed by atoms with Gasteiger partial charge in [0.1, 0.15) is 17.6 Å². The molecule has 0 saturated carbocycles. The Morgan fingerprint density at radius 2 is 1.70 bits per heavy atom. The second-order valence-electron chi connectivity index (χ2n) is 7.74. The fraction of sp³-hybridized carbons (Fsp3) is 0.348. The van der Waals surface area contributed by atoms with Crippen LogP contribution in [0.2, 0.25) is 0 Å². The van der Waals surface area contributed by atoms with Gasteiger partial charge in [-0.2, -0.15) is 0 Å². The summed E-state index contributed by atoms with van der Waals surface area (Å²) in [6.07, 6.45) is 1.51. The van der Waals surface area contributed by atoms with Crippen LogP contribution < -0.4 is 4.90 Å². The smallest absolute Gasteiger partial charge is 0.251 e. The maximum atomic E-state index is 13.3. The number of halogens is 1. The average molecular weight is 406 g/mol. The molecule has 0 N–H and O–H groups in total. The monoisotopic (exact) mass is 406 g/mol. The molecule has 154 valence electrons. The number of carbonyl (C=O) groups is 1. The normalized spacial score (nSPS) is 19.4. The van der Waals surface area contributed by atoms with Crippen LogP contribution in [0.3, 0.4) is 0 Å². The van der Waals surface area contributed by atoms with Crippen molar-refractivity contribution in [3.8, 4) is 11.3 Å².